The number of imidazole rings is 1. The van der Waals surface area contributed by atoms with Crippen molar-refractivity contribution in [3.63, 3.8) is 0 Å². The third-order valence-corrected chi connectivity index (χ3v) is 1.63. The van der Waals surface area contributed by atoms with Crippen molar-refractivity contribution in [2.45, 2.75) is 19.9 Å². The molecule has 13 heavy (non-hydrogen) atoms. The van der Waals surface area contributed by atoms with Crippen LogP contribution in [0.4, 0.5) is 5.95 Å². The van der Waals surface area contributed by atoms with E-state index in [1.54, 1.807) is 17.0 Å². The molecule has 0 aliphatic rings. The average Bonchev–Trinajstić information content (AvgIpc) is 2.48. The van der Waals surface area contributed by atoms with Crippen LogP contribution < -0.4 is 11.1 Å². The van der Waals surface area contributed by atoms with Crippen molar-refractivity contribution in [3.8, 4) is 0 Å². The zero-order chi connectivity index (χ0) is 9.68. The normalized spacial score (nSPS) is 9.92. The first kappa shape index (κ1) is 9.57. The zero-order valence-corrected chi connectivity index (χ0v) is 7.66. The minimum Gasteiger partial charge on any atom is -0.369 e. The number of rotatable bonds is 4. The largest absolute Gasteiger partial charge is 0.369 e. The van der Waals surface area contributed by atoms with Crippen molar-refractivity contribution < 1.29 is 4.79 Å². The Bertz CT molecular complexity index is 281. The average molecular weight is 182 g/mol. The van der Waals surface area contributed by atoms with Crippen LogP contribution in [0.1, 0.15) is 13.3 Å². The monoisotopic (exact) mass is 182 g/mol. The summed E-state index contributed by atoms with van der Waals surface area (Å²) in [7, 11) is 0. The van der Waals surface area contributed by atoms with Gasteiger partial charge in [0.05, 0.1) is 0 Å². The number of nitrogens with one attached hydrogen (secondary N) is 1. The summed E-state index contributed by atoms with van der Waals surface area (Å²) in [4.78, 5) is 15.0. The number of hydrogen-bond donors (Lipinski definition) is 2. The summed E-state index contributed by atoms with van der Waals surface area (Å²) < 4.78 is 1.60. The van der Waals surface area contributed by atoms with Crippen LogP contribution in [0.3, 0.4) is 0 Å². The molecule has 0 aliphatic carbocycles. The number of nitrogens with two attached hydrogens (primary N) is 1. The first-order chi connectivity index (χ1) is 6.24. The van der Waals surface area contributed by atoms with Gasteiger partial charge in [0.2, 0.25) is 11.9 Å². The predicted molar refractivity (Wildman–Crippen MR) is 49.9 cm³/mol. The van der Waals surface area contributed by atoms with E-state index in [1.807, 2.05) is 6.92 Å². The molecule has 3 N–H and O–H groups in total. The van der Waals surface area contributed by atoms with Crippen LogP contribution in [-0.4, -0.2) is 22.0 Å². The molecule has 1 aromatic heterocycles. The molecule has 5 nitrogen and oxygen atoms in total. The van der Waals surface area contributed by atoms with Crippen LogP contribution in [0.5, 0.6) is 0 Å². The maximum atomic E-state index is 11.2. The highest BCUT2D eigenvalue weighted by molar-refractivity contribution is 5.75. The van der Waals surface area contributed by atoms with Crippen molar-refractivity contribution in [2.24, 2.45) is 0 Å². The molecule has 0 aliphatic heterocycles. The molecule has 0 fully saturated rings. The lowest BCUT2D eigenvalue weighted by molar-refractivity contribution is -0.121. The second-order valence-corrected chi connectivity index (χ2v) is 2.76. The minimum absolute atomic E-state index is 0.0356. The smallest absolute Gasteiger partial charge is 0.240 e. The van der Waals surface area contributed by atoms with E-state index >= 15 is 0 Å². The van der Waals surface area contributed by atoms with Crippen molar-refractivity contribution >= 4 is 11.9 Å². The van der Waals surface area contributed by atoms with Crippen molar-refractivity contribution in [3.05, 3.63) is 12.4 Å². The Morgan fingerprint density at radius 3 is 3.08 bits per heavy atom. The number of amides is 1. The number of aromatic nitrogens is 2. The van der Waals surface area contributed by atoms with Gasteiger partial charge in [0.1, 0.15) is 6.54 Å². The topological polar surface area (TPSA) is 72.9 Å². The molecule has 0 atom stereocenters. The van der Waals surface area contributed by atoms with Crippen molar-refractivity contribution in [1.29, 1.82) is 0 Å². The fourth-order valence-electron chi connectivity index (χ4n) is 0.949. The molecular weight excluding hydrogens is 168 g/mol. The zero-order valence-electron chi connectivity index (χ0n) is 7.66. The van der Waals surface area contributed by atoms with Gasteiger partial charge in [-0.2, -0.15) is 0 Å². The maximum Gasteiger partial charge on any atom is 0.240 e. The second-order valence-electron chi connectivity index (χ2n) is 2.76. The van der Waals surface area contributed by atoms with Gasteiger partial charge in [-0.3, -0.25) is 4.79 Å². The lowest BCUT2D eigenvalue weighted by Crippen LogP contribution is -2.28. The Labute approximate surface area is 76.9 Å². The van der Waals surface area contributed by atoms with Crippen LogP contribution in [0.15, 0.2) is 12.4 Å². The lowest BCUT2D eigenvalue weighted by atomic mass is 10.4. The number of carbonyl (C=O) groups is 1. The molecule has 0 saturated heterocycles. The molecule has 0 aromatic carbocycles. The first-order valence-electron chi connectivity index (χ1n) is 4.27. The Morgan fingerprint density at radius 2 is 2.54 bits per heavy atom. The first-order valence-corrected chi connectivity index (χ1v) is 4.27. The molecule has 1 amide bonds. The van der Waals surface area contributed by atoms with Gasteiger partial charge in [-0.1, -0.05) is 6.92 Å². The summed E-state index contributed by atoms with van der Waals surface area (Å²) in [5.41, 5.74) is 5.49. The SMILES string of the molecule is CCCNC(=O)Cn1ccnc1N. The van der Waals surface area contributed by atoms with E-state index in [0.29, 0.717) is 12.5 Å². The molecular formula is C8H14N4O. The third kappa shape index (κ3) is 2.77. The quantitative estimate of drug-likeness (QED) is 0.688. The predicted octanol–water partition coefficient (Wildman–Crippen LogP) is -0.00850. The van der Waals surface area contributed by atoms with Gasteiger partial charge in [-0.05, 0) is 6.42 Å². The molecule has 0 unspecified atom stereocenters. The van der Waals surface area contributed by atoms with Crippen LogP contribution in [0.25, 0.3) is 0 Å². The highest BCUT2D eigenvalue weighted by Gasteiger charge is 2.03. The van der Waals surface area contributed by atoms with Gasteiger partial charge >= 0.3 is 0 Å². The van der Waals surface area contributed by atoms with Crippen molar-refractivity contribution in [1.82, 2.24) is 14.9 Å². The standard InChI is InChI=1S/C8H14N4O/c1-2-3-10-7(13)6-12-5-4-11-8(12)9/h4-5H,2-3,6H2,1H3,(H2,9,11)(H,10,13). The van der Waals surface area contributed by atoms with E-state index in [9.17, 15) is 4.79 Å². The lowest BCUT2D eigenvalue weighted by Gasteiger charge is -2.04. The molecule has 0 saturated carbocycles. The van der Waals surface area contributed by atoms with Gasteiger partial charge in [0.15, 0.2) is 0 Å². The van der Waals surface area contributed by atoms with E-state index in [2.05, 4.69) is 10.3 Å². The summed E-state index contributed by atoms with van der Waals surface area (Å²) in [6.45, 7) is 2.95. The molecule has 1 aromatic rings. The summed E-state index contributed by atoms with van der Waals surface area (Å²) in [5.74, 6) is 0.332. The Hall–Kier alpha value is -1.52. The summed E-state index contributed by atoms with van der Waals surface area (Å²) in [5, 5.41) is 2.75. The highest BCUT2D eigenvalue weighted by Crippen LogP contribution is 1.97. The maximum absolute atomic E-state index is 11.2. The Kier molecular flexibility index (Phi) is 3.31. The van der Waals surface area contributed by atoms with Crippen molar-refractivity contribution in [2.75, 3.05) is 12.3 Å². The molecule has 1 rings (SSSR count). The van der Waals surface area contributed by atoms with E-state index in [1.165, 1.54) is 0 Å². The molecule has 5 heteroatoms. The van der Waals surface area contributed by atoms with Crippen LogP contribution in [0.2, 0.25) is 0 Å². The highest BCUT2D eigenvalue weighted by atomic mass is 16.1. The van der Waals surface area contributed by atoms with Crippen LogP contribution in [0, 0.1) is 0 Å². The molecule has 1 heterocycles. The molecule has 0 bridgehead atoms. The minimum atomic E-state index is -0.0356. The van der Waals surface area contributed by atoms with Gasteiger partial charge in [0, 0.05) is 18.9 Å². The van der Waals surface area contributed by atoms with Crippen LogP contribution >= 0.6 is 0 Å². The summed E-state index contributed by atoms with van der Waals surface area (Å²) in [6.07, 6.45) is 4.19. The fourth-order valence-corrected chi connectivity index (χ4v) is 0.949. The number of carbonyl (C=O) groups excluding carboxylic acids is 1. The number of nitrogens with zero attached hydrogens (tertiary/aromatic N) is 2. The van der Waals surface area contributed by atoms with E-state index in [-0.39, 0.29) is 12.5 Å². The Morgan fingerprint density at radius 1 is 1.77 bits per heavy atom. The number of nitrogen functional groups attached to an aromatic ring is 1. The van der Waals surface area contributed by atoms with Gasteiger partial charge < -0.3 is 15.6 Å². The second kappa shape index (κ2) is 4.49. The van der Waals surface area contributed by atoms with E-state index < -0.39 is 0 Å². The fraction of sp³-hybridized carbons (Fsp3) is 0.500. The molecule has 72 valence electrons. The van der Waals surface area contributed by atoms with Gasteiger partial charge in [0.25, 0.3) is 0 Å². The number of hydrogen-bond acceptors (Lipinski definition) is 3. The third-order valence-electron chi connectivity index (χ3n) is 1.63. The van der Waals surface area contributed by atoms with Gasteiger partial charge in [-0.15, -0.1) is 0 Å². The molecule has 0 radical (unpaired) electrons. The summed E-state index contributed by atoms with van der Waals surface area (Å²) >= 11 is 0. The summed E-state index contributed by atoms with van der Waals surface area (Å²) in [6, 6.07) is 0. The van der Waals surface area contributed by atoms with E-state index in [4.69, 9.17) is 5.73 Å². The Balaban J connectivity index is 2.41. The van der Waals surface area contributed by atoms with E-state index in [0.717, 1.165) is 6.42 Å². The van der Waals surface area contributed by atoms with Crippen LogP contribution in [-0.2, 0) is 11.3 Å². The van der Waals surface area contributed by atoms with Gasteiger partial charge in [-0.25, -0.2) is 4.98 Å². The molecule has 0 spiro atoms. The number of anilines is 1.